The van der Waals surface area contributed by atoms with Crippen LogP contribution in [0.15, 0.2) is 23.4 Å². The van der Waals surface area contributed by atoms with Crippen LogP contribution < -0.4 is 4.74 Å². The number of rotatable bonds is 6. The number of pyridine rings is 1. The number of aromatic nitrogens is 1. The van der Waals surface area contributed by atoms with Gasteiger partial charge in [-0.05, 0) is 22.9 Å². The second-order valence-electron chi connectivity index (χ2n) is 3.15. The second-order valence-corrected chi connectivity index (χ2v) is 5.55. The minimum Gasteiger partial charge on any atom is -0.465 e. The molecular formula is C11H13NO4S2. The first-order chi connectivity index (χ1) is 8.59. The number of nitrogens with zero attached hydrogens (tertiary/aromatic N) is 1. The molecule has 0 N–H and O–H groups in total. The summed E-state index contributed by atoms with van der Waals surface area (Å²) in [6.07, 6.45) is 1.63. The van der Waals surface area contributed by atoms with Gasteiger partial charge in [-0.15, -0.1) is 0 Å². The van der Waals surface area contributed by atoms with E-state index in [-0.39, 0.29) is 11.9 Å². The maximum absolute atomic E-state index is 10.9. The maximum atomic E-state index is 10.9. The van der Waals surface area contributed by atoms with E-state index in [0.29, 0.717) is 23.1 Å². The zero-order valence-electron chi connectivity index (χ0n) is 10.0. The summed E-state index contributed by atoms with van der Waals surface area (Å²) >= 11 is 0. The molecule has 98 valence electrons. The molecule has 0 spiro atoms. The van der Waals surface area contributed by atoms with E-state index < -0.39 is 0 Å². The molecule has 1 heterocycles. The van der Waals surface area contributed by atoms with Crippen molar-refractivity contribution in [1.82, 2.24) is 4.98 Å². The molecule has 0 atom stereocenters. The van der Waals surface area contributed by atoms with E-state index in [1.807, 2.05) is 0 Å². The highest BCUT2D eigenvalue weighted by atomic mass is 33.1. The molecule has 7 heteroatoms. The molecule has 1 aromatic rings. The van der Waals surface area contributed by atoms with Crippen molar-refractivity contribution in [1.29, 1.82) is 0 Å². The highest BCUT2D eigenvalue weighted by Crippen LogP contribution is 2.35. The molecule has 0 saturated carbocycles. The molecule has 0 radical (unpaired) electrons. The van der Waals surface area contributed by atoms with Gasteiger partial charge in [-0.25, -0.2) is 4.98 Å². The third kappa shape index (κ3) is 5.92. The van der Waals surface area contributed by atoms with E-state index in [1.54, 1.807) is 18.3 Å². The second kappa shape index (κ2) is 7.99. The van der Waals surface area contributed by atoms with Crippen LogP contribution in [0.1, 0.15) is 13.8 Å². The highest BCUT2D eigenvalue weighted by Gasteiger charge is 2.08. The van der Waals surface area contributed by atoms with Gasteiger partial charge >= 0.3 is 11.9 Å². The molecule has 1 aromatic heterocycles. The molecule has 18 heavy (non-hydrogen) atoms. The summed E-state index contributed by atoms with van der Waals surface area (Å²) in [7, 11) is 2.85. The topological polar surface area (TPSA) is 65.5 Å². The Morgan fingerprint density at radius 2 is 2.11 bits per heavy atom. The first-order valence-electron chi connectivity index (χ1n) is 5.16. The van der Waals surface area contributed by atoms with Gasteiger partial charge in [-0.2, -0.15) is 0 Å². The van der Waals surface area contributed by atoms with Crippen LogP contribution in [0.3, 0.4) is 0 Å². The van der Waals surface area contributed by atoms with E-state index in [2.05, 4.69) is 4.98 Å². The Labute approximate surface area is 113 Å². The molecule has 0 aromatic carbocycles. The molecule has 0 amide bonds. The average Bonchev–Trinajstić information content (AvgIpc) is 2.29. The summed E-state index contributed by atoms with van der Waals surface area (Å²) in [6, 6.07) is 3.38. The molecular weight excluding hydrogens is 274 g/mol. The van der Waals surface area contributed by atoms with Crippen LogP contribution in [0.2, 0.25) is 0 Å². The summed E-state index contributed by atoms with van der Waals surface area (Å²) in [5, 5.41) is 0.625. The van der Waals surface area contributed by atoms with Gasteiger partial charge in [0.1, 0.15) is 11.6 Å². The molecule has 0 aliphatic rings. The van der Waals surface area contributed by atoms with Gasteiger partial charge in [0.05, 0.1) is 0 Å². The predicted octanol–water partition coefficient (Wildman–Crippen LogP) is 2.31. The van der Waals surface area contributed by atoms with Crippen LogP contribution >= 0.6 is 21.6 Å². The lowest BCUT2D eigenvalue weighted by Gasteiger charge is -2.06. The van der Waals surface area contributed by atoms with E-state index in [0.717, 1.165) is 0 Å². The average molecular weight is 287 g/mol. The fourth-order valence-electron chi connectivity index (χ4n) is 0.988. The zero-order chi connectivity index (χ0) is 13.4. The Bertz CT molecular complexity index is 425. The number of hydrogen-bond donors (Lipinski definition) is 0. The lowest BCUT2D eigenvalue weighted by Crippen LogP contribution is -2.03. The quantitative estimate of drug-likeness (QED) is 0.452. The molecule has 1 rings (SSSR count). The van der Waals surface area contributed by atoms with Gasteiger partial charge in [0.15, 0.2) is 5.75 Å². The first-order valence-corrected chi connectivity index (χ1v) is 7.47. The van der Waals surface area contributed by atoms with Crippen LogP contribution in [-0.4, -0.2) is 29.3 Å². The Morgan fingerprint density at radius 1 is 1.33 bits per heavy atom. The van der Waals surface area contributed by atoms with Crippen molar-refractivity contribution in [3.63, 3.8) is 0 Å². The van der Waals surface area contributed by atoms with Gasteiger partial charge < -0.3 is 9.47 Å². The summed E-state index contributed by atoms with van der Waals surface area (Å²) in [5.41, 5.74) is 0. The van der Waals surface area contributed by atoms with Crippen LogP contribution in [0.4, 0.5) is 0 Å². The van der Waals surface area contributed by atoms with Crippen LogP contribution in [0, 0.1) is 0 Å². The van der Waals surface area contributed by atoms with Crippen LogP contribution in [0.5, 0.6) is 5.75 Å². The van der Waals surface area contributed by atoms with Gasteiger partial charge in [0.25, 0.3) is 0 Å². The largest absolute Gasteiger partial charge is 0.465 e. The minimum absolute atomic E-state index is 0.293. The molecule has 0 aliphatic heterocycles. The first kappa shape index (κ1) is 14.8. The normalized spacial score (nSPS) is 9.89. The lowest BCUT2D eigenvalue weighted by atomic mass is 10.5. The van der Waals surface area contributed by atoms with Gasteiger partial charge in [0.2, 0.25) is 0 Å². The van der Waals surface area contributed by atoms with E-state index in [4.69, 9.17) is 9.47 Å². The predicted molar refractivity (Wildman–Crippen MR) is 70.5 cm³/mol. The standard InChI is InChI=1S/C11H13NO4S2/c1-8(13)15-6-7-17-18-11-10(16-9(2)14)4-3-5-12-11/h3-5H,6-7H2,1-2H3. The number of carbonyl (C=O) groups excluding carboxylic acids is 2. The summed E-state index contributed by atoms with van der Waals surface area (Å²) in [4.78, 5) is 25.6. The number of esters is 2. The Hall–Kier alpha value is -1.21. The summed E-state index contributed by atoms with van der Waals surface area (Å²) in [5.74, 6) is 0.407. The van der Waals surface area contributed by atoms with Crippen molar-refractivity contribution in [3.05, 3.63) is 18.3 Å². The highest BCUT2D eigenvalue weighted by molar-refractivity contribution is 8.76. The van der Waals surface area contributed by atoms with Crippen molar-refractivity contribution >= 4 is 33.5 Å². The smallest absolute Gasteiger partial charge is 0.308 e. The zero-order valence-corrected chi connectivity index (χ0v) is 11.7. The lowest BCUT2D eigenvalue weighted by molar-refractivity contribution is -0.140. The third-order valence-corrected chi connectivity index (χ3v) is 3.84. The third-order valence-electron chi connectivity index (χ3n) is 1.60. The van der Waals surface area contributed by atoms with Gasteiger partial charge in [-0.3, -0.25) is 9.59 Å². The van der Waals surface area contributed by atoms with Crippen LogP contribution in [-0.2, 0) is 14.3 Å². The van der Waals surface area contributed by atoms with Crippen molar-refractivity contribution in [2.45, 2.75) is 18.9 Å². The fraction of sp³-hybridized carbons (Fsp3) is 0.364. The summed E-state index contributed by atoms with van der Waals surface area (Å²) < 4.78 is 9.82. The minimum atomic E-state index is -0.380. The van der Waals surface area contributed by atoms with Crippen LogP contribution in [0.25, 0.3) is 0 Å². The molecule has 0 saturated heterocycles. The van der Waals surface area contributed by atoms with Crippen molar-refractivity contribution < 1.29 is 19.1 Å². The van der Waals surface area contributed by atoms with E-state index >= 15 is 0 Å². The molecule has 0 aliphatic carbocycles. The number of hydrogen-bond acceptors (Lipinski definition) is 7. The van der Waals surface area contributed by atoms with E-state index in [9.17, 15) is 9.59 Å². The van der Waals surface area contributed by atoms with Crippen molar-refractivity contribution in [2.75, 3.05) is 12.4 Å². The molecule has 0 fully saturated rings. The van der Waals surface area contributed by atoms with Crippen molar-refractivity contribution in [2.24, 2.45) is 0 Å². The fourth-order valence-corrected chi connectivity index (χ4v) is 2.79. The Balaban J connectivity index is 2.41. The number of ether oxygens (including phenoxy) is 2. The Kier molecular flexibility index (Phi) is 6.59. The molecule has 5 nitrogen and oxygen atoms in total. The van der Waals surface area contributed by atoms with Gasteiger partial charge in [0, 0.05) is 25.8 Å². The van der Waals surface area contributed by atoms with Gasteiger partial charge in [-0.1, -0.05) is 10.8 Å². The molecule has 0 unspecified atom stereocenters. The Morgan fingerprint density at radius 3 is 2.78 bits per heavy atom. The van der Waals surface area contributed by atoms with E-state index in [1.165, 1.54) is 35.4 Å². The maximum Gasteiger partial charge on any atom is 0.308 e. The van der Waals surface area contributed by atoms with Crippen molar-refractivity contribution in [3.8, 4) is 5.75 Å². The summed E-state index contributed by atoms with van der Waals surface area (Å²) in [6.45, 7) is 3.06. The number of carbonyl (C=O) groups is 2. The molecule has 0 bridgehead atoms. The monoisotopic (exact) mass is 287 g/mol. The SMILES string of the molecule is CC(=O)OCCSSc1ncccc1OC(C)=O.